The molecular weight excluding hydrogens is 218 g/mol. The molecule has 3 aliphatic rings. The number of sulfonamides is 1. The molecule has 3 fully saturated rings. The molecule has 3 saturated carbocycles. The van der Waals surface area contributed by atoms with Crippen molar-refractivity contribution >= 4 is 10.0 Å². The molecule has 0 amide bonds. The molecule has 2 bridgehead atoms. The lowest BCUT2D eigenvalue weighted by molar-refractivity contribution is -0.0148. The Kier molecular flexibility index (Phi) is 1.71. The zero-order valence-electron chi connectivity index (χ0n) is 8.20. The average Bonchev–Trinajstić information content (AvgIpc) is 2.74. The van der Waals surface area contributed by atoms with Gasteiger partial charge in [0.25, 0.3) is 0 Å². The van der Waals surface area contributed by atoms with Crippen molar-refractivity contribution in [2.75, 3.05) is 0 Å². The van der Waals surface area contributed by atoms with E-state index >= 15 is 0 Å². The van der Waals surface area contributed by atoms with Gasteiger partial charge in [-0.05, 0) is 30.6 Å². The summed E-state index contributed by atoms with van der Waals surface area (Å²) in [5.41, 5.74) is -0.115. The van der Waals surface area contributed by atoms with Crippen molar-refractivity contribution in [2.45, 2.75) is 36.7 Å². The average molecular weight is 233 g/mol. The fraction of sp³-hybridized carbons (Fsp3) is 1.00. The minimum atomic E-state index is -3.59. The van der Waals surface area contributed by atoms with Gasteiger partial charge in [-0.15, -0.1) is 0 Å². The van der Waals surface area contributed by atoms with Crippen LogP contribution in [0.2, 0.25) is 0 Å². The monoisotopic (exact) mass is 233 g/mol. The van der Waals surface area contributed by atoms with E-state index in [1.807, 2.05) is 0 Å². The molecule has 0 radical (unpaired) electrons. The Morgan fingerprint density at radius 2 is 1.80 bits per heavy atom. The van der Waals surface area contributed by atoms with Gasteiger partial charge >= 0.3 is 0 Å². The Morgan fingerprint density at radius 3 is 2.20 bits per heavy atom. The number of hydrogen-bond acceptors (Lipinski definition) is 4. The minimum Gasteiger partial charge on any atom is -0.390 e. The van der Waals surface area contributed by atoms with Gasteiger partial charge in [-0.25, -0.2) is 13.6 Å². The molecule has 15 heavy (non-hydrogen) atoms. The van der Waals surface area contributed by atoms with Gasteiger partial charge < -0.3 is 10.2 Å². The Morgan fingerprint density at radius 1 is 1.20 bits per heavy atom. The smallest absolute Gasteiger partial charge is 0.212 e. The second kappa shape index (κ2) is 2.56. The molecule has 5 nitrogen and oxygen atoms in total. The molecule has 0 aromatic rings. The second-order valence-corrected chi connectivity index (χ2v) is 6.99. The highest BCUT2D eigenvalue weighted by Gasteiger charge is 2.73. The molecule has 0 aliphatic heterocycles. The zero-order chi connectivity index (χ0) is 11.0. The second-order valence-electron chi connectivity index (χ2n) is 5.21. The third-order valence-electron chi connectivity index (χ3n) is 4.67. The lowest BCUT2D eigenvalue weighted by Gasteiger charge is -2.28. The maximum Gasteiger partial charge on any atom is 0.212 e. The highest BCUT2D eigenvalue weighted by molar-refractivity contribution is 7.89. The van der Waals surface area contributed by atoms with Crippen LogP contribution < -0.4 is 5.14 Å². The molecule has 0 heterocycles. The Balaban J connectivity index is 2.03. The van der Waals surface area contributed by atoms with Crippen LogP contribution in [0, 0.1) is 17.3 Å². The predicted octanol–water partition coefficient (Wildman–Crippen LogP) is -1.20. The minimum absolute atomic E-state index is 0.0687. The van der Waals surface area contributed by atoms with E-state index in [0.717, 1.165) is 12.8 Å². The highest BCUT2D eigenvalue weighted by Crippen LogP contribution is 2.71. The molecule has 0 unspecified atom stereocenters. The normalized spacial score (nSPS) is 51.3. The molecule has 0 aromatic carbocycles. The van der Waals surface area contributed by atoms with Crippen molar-refractivity contribution in [3.05, 3.63) is 0 Å². The molecular formula is C9H15NO4S. The van der Waals surface area contributed by atoms with Crippen molar-refractivity contribution in [1.82, 2.24) is 0 Å². The van der Waals surface area contributed by atoms with Crippen molar-refractivity contribution in [3.63, 3.8) is 0 Å². The van der Waals surface area contributed by atoms with Crippen molar-refractivity contribution in [1.29, 1.82) is 0 Å². The van der Waals surface area contributed by atoms with Crippen LogP contribution in [0.3, 0.4) is 0 Å². The van der Waals surface area contributed by atoms with Gasteiger partial charge in [0, 0.05) is 5.92 Å². The topological polar surface area (TPSA) is 101 Å². The third-order valence-corrected chi connectivity index (χ3v) is 6.00. The quantitative estimate of drug-likeness (QED) is 0.529. The van der Waals surface area contributed by atoms with E-state index in [1.165, 1.54) is 0 Å². The summed E-state index contributed by atoms with van der Waals surface area (Å²) in [6, 6.07) is 0. The van der Waals surface area contributed by atoms with Crippen LogP contribution in [-0.4, -0.2) is 36.1 Å². The van der Waals surface area contributed by atoms with Gasteiger partial charge in [0.15, 0.2) is 0 Å². The largest absolute Gasteiger partial charge is 0.390 e. The molecule has 0 aromatic heterocycles. The molecule has 1 spiro atoms. The lowest BCUT2D eigenvalue weighted by atomic mass is 9.94. The summed E-state index contributed by atoms with van der Waals surface area (Å²) in [7, 11) is -3.59. The Bertz CT molecular complexity index is 402. The van der Waals surface area contributed by atoms with E-state index in [4.69, 9.17) is 5.14 Å². The Labute approximate surface area is 88.3 Å². The van der Waals surface area contributed by atoms with Crippen LogP contribution in [0.1, 0.15) is 19.3 Å². The summed E-state index contributed by atoms with van der Waals surface area (Å²) in [6.07, 6.45) is 0.595. The SMILES string of the molecule is NS(=O)(=O)[C@@H]1C[C@H]2[C@H](O)[C@H](O)[C@@H]1C21CC1. The lowest BCUT2D eigenvalue weighted by Crippen LogP contribution is -2.44. The fourth-order valence-electron chi connectivity index (χ4n) is 3.93. The van der Waals surface area contributed by atoms with E-state index in [-0.39, 0.29) is 17.3 Å². The van der Waals surface area contributed by atoms with E-state index in [0.29, 0.717) is 6.42 Å². The van der Waals surface area contributed by atoms with Gasteiger partial charge in [0.05, 0.1) is 17.5 Å². The van der Waals surface area contributed by atoms with Gasteiger partial charge in [-0.1, -0.05) is 0 Å². The van der Waals surface area contributed by atoms with Gasteiger partial charge in [-0.3, -0.25) is 0 Å². The van der Waals surface area contributed by atoms with Crippen LogP contribution in [0.15, 0.2) is 0 Å². The highest BCUT2D eigenvalue weighted by atomic mass is 32.2. The summed E-state index contributed by atoms with van der Waals surface area (Å²) in [5.74, 6) is -0.409. The summed E-state index contributed by atoms with van der Waals surface area (Å²) >= 11 is 0. The predicted molar refractivity (Wildman–Crippen MR) is 52.2 cm³/mol. The van der Waals surface area contributed by atoms with E-state index < -0.39 is 27.5 Å². The van der Waals surface area contributed by atoms with Crippen molar-refractivity contribution in [3.8, 4) is 0 Å². The molecule has 0 saturated heterocycles. The molecule has 6 heteroatoms. The maximum absolute atomic E-state index is 11.4. The first-order valence-corrected chi connectivity index (χ1v) is 6.86. The number of aliphatic hydroxyl groups is 2. The first-order chi connectivity index (χ1) is 6.88. The summed E-state index contributed by atoms with van der Waals surface area (Å²) in [5, 5.41) is 24.1. The van der Waals surface area contributed by atoms with Gasteiger partial charge in [0.2, 0.25) is 10.0 Å². The number of nitrogens with two attached hydrogens (primary N) is 1. The van der Waals surface area contributed by atoms with Crippen LogP contribution in [0.5, 0.6) is 0 Å². The van der Waals surface area contributed by atoms with Crippen molar-refractivity contribution in [2.24, 2.45) is 22.4 Å². The fourth-order valence-corrected chi connectivity index (χ4v) is 5.24. The van der Waals surface area contributed by atoms with E-state index in [2.05, 4.69) is 0 Å². The molecule has 3 aliphatic carbocycles. The van der Waals surface area contributed by atoms with Crippen molar-refractivity contribution < 1.29 is 18.6 Å². The van der Waals surface area contributed by atoms with Gasteiger partial charge in [0.1, 0.15) is 0 Å². The summed E-state index contributed by atoms with van der Waals surface area (Å²) in [4.78, 5) is 0. The standard InChI is InChI=1S/C9H15NO4S/c10-15(13,14)5-3-4-7(11)8(12)6(5)9(4)1-2-9/h4-8,11-12H,1-3H2,(H2,10,13,14)/t4-,5+,6+,7-,8+/m0/s1. The summed E-state index contributed by atoms with van der Waals surface area (Å²) in [6.45, 7) is 0. The number of aliphatic hydroxyl groups excluding tert-OH is 2. The van der Waals surface area contributed by atoms with E-state index in [1.54, 1.807) is 0 Å². The van der Waals surface area contributed by atoms with Crippen LogP contribution in [0.25, 0.3) is 0 Å². The Hall–Kier alpha value is -0.170. The van der Waals surface area contributed by atoms with Crippen LogP contribution >= 0.6 is 0 Å². The number of rotatable bonds is 1. The van der Waals surface area contributed by atoms with E-state index in [9.17, 15) is 18.6 Å². The molecule has 3 rings (SSSR count). The van der Waals surface area contributed by atoms with Gasteiger partial charge in [-0.2, -0.15) is 0 Å². The first-order valence-electron chi connectivity index (χ1n) is 5.26. The van der Waals surface area contributed by atoms with Crippen LogP contribution in [0.4, 0.5) is 0 Å². The molecule has 4 N–H and O–H groups in total. The maximum atomic E-state index is 11.4. The zero-order valence-corrected chi connectivity index (χ0v) is 9.02. The molecule has 86 valence electrons. The first kappa shape index (κ1) is 10.0. The third kappa shape index (κ3) is 1.06. The summed E-state index contributed by atoms with van der Waals surface area (Å²) < 4.78 is 22.8. The number of hydrogen-bond donors (Lipinski definition) is 3. The molecule has 5 atom stereocenters. The number of primary sulfonamides is 1. The van der Waals surface area contributed by atoms with Crippen LogP contribution in [-0.2, 0) is 10.0 Å².